The normalized spacial score (nSPS) is 20.2. The number of anilines is 1. The monoisotopic (exact) mass is 310 g/mol. The van der Waals surface area contributed by atoms with Crippen molar-refractivity contribution in [1.29, 1.82) is 0 Å². The Labute approximate surface area is 126 Å². The summed E-state index contributed by atoms with van der Waals surface area (Å²) < 4.78 is 27.3. The van der Waals surface area contributed by atoms with Gasteiger partial charge < -0.3 is 5.32 Å². The van der Waals surface area contributed by atoms with Crippen molar-refractivity contribution in [2.24, 2.45) is 0 Å². The molecule has 1 saturated heterocycles. The van der Waals surface area contributed by atoms with Crippen molar-refractivity contribution < 1.29 is 13.2 Å². The first-order valence-corrected chi connectivity index (χ1v) is 8.66. The molecule has 0 radical (unpaired) electrons. The molecule has 1 aliphatic rings. The molecule has 1 N–H and O–H groups in total. The summed E-state index contributed by atoms with van der Waals surface area (Å²) in [5.41, 5.74) is 1.21. The van der Waals surface area contributed by atoms with E-state index in [0.717, 1.165) is 19.3 Å². The minimum Gasteiger partial charge on any atom is -0.326 e. The van der Waals surface area contributed by atoms with E-state index in [9.17, 15) is 13.2 Å². The summed E-state index contributed by atoms with van der Waals surface area (Å²) in [7, 11) is -3.52. The van der Waals surface area contributed by atoms with Crippen LogP contribution in [0.25, 0.3) is 0 Å². The Hall–Kier alpha value is -1.40. The number of nitrogens with one attached hydrogen (secondary N) is 1. The second-order valence-electron chi connectivity index (χ2n) is 5.62. The number of amides is 1. The highest BCUT2D eigenvalue weighted by molar-refractivity contribution is 7.89. The van der Waals surface area contributed by atoms with Gasteiger partial charge in [0.25, 0.3) is 0 Å². The van der Waals surface area contributed by atoms with E-state index in [4.69, 9.17) is 0 Å². The third-order valence-electron chi connectivity index (χ3n) is 3.84. The molecule has 1 unspecified atom stereocenters. The van der Waals surface area contributed by atoms with Gasteiger partial charge >= 0.3 is 0 Å². The highest BCUT2D eigenvalue weighted by atomic mass is 32.2. The van der Waals surface area contributed by atoms with E-state index in [0.29, 0.717) is 17.8 Å². The molecule has 1 amide bonds. The van der Waals surface area contributed by atoms with Crippen LogP contribution < -0.4 is 5.32 Å². The SMILES string of the molecule is CC(=O)Nc1ccc(C)c(S(=O)(=O)N2CCCCC2C)c1. The molecule has 0 bridgehead atoms. The van der Waals surface area contributed by atoms with Crippen LogP contribution in [0.1, 0.15) is 38.7 Å². The molecule has 1 atom stereocenters. The van der Waals surface area contributed by atoms with Crippen LogP contribution in [-0.2, 0) is 14.8 Å². The summed E-state index contributed by atoms with van der Waals surface area (Å²) in [6, 6.07) is 5.02. The van der Waals surface area contributed by atoms with Crippen LogP contribution >= 0.6 is 0 Å². The van der Waals surface area contributed by atoms with E-state index in [1.54, 1.807) is 29.4 Å². The Balaban J connectivity index is 2.41. The van der Waals surface area contributed by atoms with Crippen LogP contribution in [0, 0.1) is 6.92 Å². The van der Waals surface area contributed by atoms with Gasteiger partial charge in [-0.3, -0.25) is 4.79 Å². The molecule has 1 aliphatic heterocycles. The van der Waals surface area contributed by atoms with Crippen LogP contribution in [0.5, 0.6) is 0 Å². The van der Waals surface area contributed by atoms with E-state index in [1.807, 2.05) is 6.92 Å². The topological polar surface area (TPSA) is 66.5 Å². The molecule has 2 rings (SSSR count). The summed E-state index contributed by atoms with van der Waals surface area (Å²) in [6.45, 7) is 5.69. The van der Waals surface area contributed by atoms with Crippen LogP contribution in [0.4, 0.5) is 5.69 Å². The summed E-state index contributed by atoms with van der Waals surface area (Å²) in [6.07, 6.45) is 2.86. The van der Waals surface area contributed by atoms with Gasteiger partial charge in [-0.25, -0.2) is 8.42 Å². The number of carbonyl (C=O) groups is 1. The Bertz CT molecular complexity index is 640. The molecule has 116 valence electrons. The van der Waals surface area contributed by atoms with Crippen LogP contribution in [0.15, 0.2) is 23.1 Å². The number of benzene rings is 1. The summed E-state index contributed by atoms with van der Waals surface area (Å²) in [5, 5.41) is 2.64. The summed E-state index contributed by atoms with van der Waals surface area (Å²) in [4.78, 5) is 11.4. The van der Waals surface area contributed by atoms with Crippen molar-refractivity contribution >= 4 is 21.6 Å². The fraction of sp³-hybridized carbons (Fsp3) is 0.533. The number of carbonyl (C=O) groups excluding carboxylic acids is 1. The standard InChI is InChI=1S/C15H22N2O3S/c1-11-7-8-14(16-13(3)18)10-15(11)21(19,20)17-9-5-4-6-12(17)2/h7-8,10,12H,4-6,9H2,1-3H3,(H,16,18). The lowest BCUT2D eigenvalue weighted by molar-refractivity contribution is -0.114. The minimum atomic E-state index is -3.52. The molecule has 1 aromatic carbocycles. The maximum atomic E-state index is 12.9. The fourth-order valence-corrected chi connectivity index (χ4v) is 4.67. The second-order valence-corrected chi connectivity index (χ2v) is 7.48. The third-order valence-corrected chi connectivity index (χ3v) is 5.99. The van der Waals surface area contributed by atoms with Gasteiger partial charge in [-0.15, -0.1) is 0 Å². The Morgan fingerprint density at radius 3 is 2.67 bits per heavy atom. The van der Waals surface area contributed by atoms with Gasteiger partial charge in [-0.05, 0) is 44.4 Å². The van der Waals surface area contributed by atoms with E-state index >= 15 is 0 Å². The van der Waals surface area contributed by atoms with Crippen molar-refractivity contribution in [3.63, 3.8) is 0 Å². The van der Waals surface area contributed by atoms with E-state index in [2.05, 4.69) is 5.32 Å². The minimum absolute atomic E-state index is 0.0209. The molecule has 21 heavy (non-hydrogen) atoms. The van der Waals surface area contributed by atoms with Crippen molar-refractivity contribution in [1.82, 2.24) is 4.31 Å². The quantitative estimate of drug-likeness (QED) is 0.933. The van der Waals surface area contributed by atoms with Gasteiger partial charge in [0, 0.05) is 25.2 Å². The highest BCUT2D eigenvalue weighted by Gasteiger charge is 2.32. The van der Waals surface area contributed by atoms with Crippen LogP contribution in [0.3, 0.4) is 0 Å². The molecule has 0 spiro atoms. The molecule has 0 aliphatic carbocycles. The predicted octanol–water partition coefficient (Wildman–Crippen LogP) is 2.52. The van der Waals surface area contributed by atoms with Gasteiger partial charge in [-0.2, -0.15) is 4.31 Å². The second kappa shape index (κ2) is 6.15. The molecule has 0 saturated carbocycles. The van der Waals surface area contributed by atoms with Gasteiger partial charge in [-0.1, -0.05) is 12.5 Å². The largest absolute Gasteiger partial charge is 0.326 e. The zero-order valence-electron chi connectivity index (χ0n) is 12.7. The van der Waals surface area contributed by atoms with Gasteiger partial charge in [0.2, 0.25) is 15.9 Å². The number of nitrogens with zero attached hydrogens (tertiary/aromatic N) is 1. The number of hydrogen-bond acceptors (Lipinski definition) is 3. The third kappa shape index (κ3) is 3.44. The maximum absolute atomic E-state index is 12.9. The molecule has 1 fully saturated rings. The van der Waals surface area contributed by atoms with Crippen molar-refractivity contribution in [3.8, 4) is 0 Å². The first-order chi connectivity index (χ1) is 9.82. The number of hydrogen-bond donors (Lipinski definition) is 1. The van der Waals surface area contributed by atoms with Crippen LogP contribution in [-0.4, -0.2) is 31.2 Å². The fourth-order valence-electron chi connectivity index (χ4n) is 2.71. The Morgan fingerprint density at radius 2 is 2.05 bits per heavy atom. The highest BCUT2D eigenvalue weighted by Crippen LogP contribution is 2.28. The van der Waals surface area contributed by atoms with Crippen LogP contribution in [0.2, 0.25) is 0 Å². The Morgan fingerprint density at radius 1 is 1.33 bits per heavy atom. The lowest BCUT2D eigenvalue weighted by Crippen LogP contribution is -2.42. The molecule has 1 aromatic rings. The zero-order chi connectivity index (χ0) is 15.6. The number of aryl methyl sites for hydroxylation is 1. The molecular formula is C15H22N2O3S. The predicted molar refractivity (Wildman–Crippen MR) is 82.7 cm³/mol. The lowest BCUT2D eigenvalue weighted by atomic mass is 10.1. The van der Waals surface area contributed by atoms with Gasteiger partial charge in [0.05, 0.1) is 4.90 Å². The summed E-state index contributed by atoms with van der Waals surface area (Å²) in [5.74, 6) is -0.214. The number of piperidine rings is 1. The van der Waals surface area contributed by atoms with Gasteiger partial charge in [0.1, 0.15) is 0 Å². The lowest BCUT2D eigenvalue weighted by Gasteiger charge is -2.32. The van der Waals surface area contributed by atoms with Gasteiger partial charge in [0.15, 0.2) is 0 Å². The smallest absolute Gasteiger partial charge is 0.243 e. The van der Waals surface area contributed by atoms with E-state index in [1.165, 1.54) is 6.92 Å². The number of rotatable bonds is 3. The first kappa shape index (κ1) is 16.0. The van der Waals surface area contributed by atoms with E-state index in [-0.39, 0.29) is 16.8 Å². The van der Waals surface area contributed by atoms with Crippen molar-refractivity contribution in [3.05, 3.63) is 23.8 Å². The molecule has 6 heteroatoms. The van der Waals surface area contributed by atoms with E-state index < -0.39 is 10.0 Å². The average molecular weight is 310 g/mol. The Kier molecular flexibility index (Phi) is 4.68. The van der Waals surface area contributed by atoms with Crippen molar-refractivity contribution in [2.75, 3.05) is 11.9 Å². The van der Waals surface area contributed by atoms with Crippen molar-refractivity contribution in [2.45, 2.75) is 51.0 Å². The average Bonchev–Trinajstić information content (AvgIpc) is 2.40. The molecular weight excluding hydrogens is 288 g/mol. The molecule has 1 heterocycles. The molecule has 5 nitrogen and oxygen atoms in total. The summed E-state index contributed by atoms with van der Waals surface area (Å²) >= 11 is 0. The maximum Gasteiger partial charge on any atom is 0.243 e. The number of sulfonamides is 1. The zero-order valence-corrected chi connectivity index (χ0v) is 13.5. The molecule has 0 aromatic heterocycles. The first-order valence-electron chi connectivity index (χ1n) is 7.22.